The van der Waals surface area contributed by atoms with Crippen molar-refractivity contribution in [3.63, 3.8) is 0 Å². The summed E-state index contributed by atoms with van der Waals surface area (Å²) in [5, 5.41) is 8.58. The van der Waals surface area contributed by atoms with E-state index in [-0.39, 0.29) is 18.2 Å². The van der Waals surface area contributed by atoms with Crippen LogP contribution in [0.5, 0.6) is 0 Å². The molecule has 2 aliphatic heterocycles. The highest BCUT2D eigenvalue weighted by atomic mass is 16.2. The van der Waals surface area contributed by atoms with Crippen LogP contribution in [0.1, 0.15) is 34.3 Å². The fourth-order valence-corrected chi connectivity index (χ4v) is 3.68. The number of hydrogen-bond acceptors (Lipinski definition) is 6. The normalized spacial score (nSPS) is 18.7. The Morgan fingerprint density at radius 1 is 1.21 bits per heavy atom. The van der Waals surface area contributed by atoms with Gasteiger partial charge in [0.15, 0.2) is 0 Å². The van der Waals surface area contributed by atoms with E-state index in [1.54, 1.807) is 11.1 Å². The van der Waals surface area contributed by atoms with Crippen LogP contribution in [0.4, 0.5) is 11.5 Å². The molecule has 1 aromatic carbocycles. The van der Waals surface area contributed by atoms with E-state index in [1.807, 2.05) is 37.4 Å². The first-order valence-electron chi connectivity index (χ1n) is 9.20. The van der Waals surface area contributed by atoms with Gasteiger partial charge in [0.05, 0.1) is 11.9 Å². The Balaban J connectivity index is 1.51. The molecule has 8 nitrogen and oxygen atoms in total. The maximum Gasteiger partial charge on any atom is 0.255 e. The first-order chi connectivity index (χ1) is 13.6. The molecule has 1 fully saturated rings. The number of piperidine rings is 1. The number of nitrogens with zero attached hydrogens (tertiary/aromatic N) is 2. The molecule has 1 aromatic heterocycles. The third-order valence-corrected chi connectivity index (χ3v) is 5.14. The molecule has 1 atom stereocenters. The second-order valence-electron chi connectivity index (χ2n) is 6.89. The molecule has 8 heteroatoms. The van der Waals surface area contributed by atoms with Crippen LogP contribution in [0.15, 0.2) is 36.5 Å². The predicted octanol–water partition coefficient (Wildman–Crippen LogP) is 1.50. The smallest absolute Gasteiger partial charge is 0.255 e. The Kier molecular flexibility index (Phi) is 4.68. The van der Waals surface area contributed by atoms with Crippen molar-refractivity contribution >= 4 is 29.2 Å². The molecule has 4 rings (SSSR count). The number of amides is 3. The van der Waals surface area contributed by atoms with Gasteiger partial charge in [-0.3, -0.25) is 19.7 Å². The molecular weight excluding hydrogens is 358 g/mol. The maximum absolute atomic E-state index is 13.1. The molecule has 28 heavy (non-hydrogen) atoms. The lowest BCUT2D eigenvalue weighted by atomic mass is 10.0. The van der Waals surface area contributed by atoms with Gasteiger partial charge in [0.2, 0.25) is 11.8 Å². The van der Waals surface area contributed by atoms with Crippen LogP contribution >= 0.6 is 0 Å². The Morgan fingerprint density at radius 2 is 2.07 bits per heavy atom. The van der Waals surface area contributed by atoms with Crippen LogP contribution in [0.25, 0.3) is 0 Å². The van der Waals surface area contributed by atoms with E-state index >= 15 is 0 Å². The second-order valence-corrected chi connectivity index (χ2v) is 6.89. The van der Waals surface area contributed by atoms with Crippen LogP contribution in [-0.4, -0.2) is 40.7 Å². The summed E-state index contributed by atoms with van der Waals surface area (Å²) in [6.45, 7) is 0.853. The van der Waals surface area contributed by atoms with Crippen molar-refractivity contribution in [1.82, 2.24) is 15.2 Å². The maximum atomic E-state index is 13.1. The van der Waals surface area contributed by atoms with Gasteiger partial charge in [0, 0.05) is 32.1 Å². The average molecular weight is 379 g/mol. The number of anilines is 2. The highest BCUT2D eigenvalue weighted by molar-refractivity contribution is 6.06. The molecule has 0 saturated carbocycles. The van der Waals surface area contributed by atoms with E-state index in [4.69, 9.17) is 0 Å². The molecule has 144 valence electrons. The minimum Gasteiger partial charge on any atom is -0.380 e. The largest absolute Gasteiger partial charge is 0.380 e. The minimum absolute atomic E-state index is 0.162. The van der Waals surface area contributed by atoms with Gasteiger partial charge in [0.25, 0.3) is 5.91 Å². The van der Waals surface area contributed by atoms with E-state index in [0.717, 1.165) is 22.6 Å². The van der Waals surface area contributed by atoms with E-state index < -0.39 is 11.9 Å². The minimum atomic E-state index is -0.600. The first-order valence-corrected chi connectivity index (χ1v) is 9.20. The van der Waals surface area contributed by atoms with Crippen molar-refractivity contribution in [2.75, 3.05) is 17.7 Å². The van der Waals surface area contributed by atoms with E-state index in [2.05, 4.69) is 20.9 Å². The van der Waals surface area contributed by atoms with Gasteiger partial charge < -0.3 is 15.5 Å². The SMILES string of the molecule is CNc1ccc(NCc2cccc3c2C(=O)N(C2CCC(=O)NC2=O)C3)cn1. The summed E-state index contributed by atoms with van der Waals surface area (Å²) in [5.74, 6) is -0.0623. The van der Waals surface area contributed by atoms with E-state index in [1.165, 1.54) is 0 Å². The van der Waals surface area contributed by atoms with Crippen LogP contribution in [0, 0.1) is 0 Å². The number of imide groups is 1. The molecule has 0 bridgehead atoms. The number of pyridine rings is 1. The zero-order chi connectivity index (χ0) is 19.7. The van der Waals surface area contributed by atoms with Gasteiger partial charge in [-0.05, 0) is 29.7 Å². The monoisotopic (exact) mass is 379 g/mol. The number of fused-ring (bicyclic) bond motifs is 1. The first kappa shape index (κ1) is 18.0. The van der Waals surface area contributed by atoms with Crippen LogP contribution in [0.2, 0.25) is 0 Å². The van der Waals surface area contributed by atoms with Crippen LogP contribution in [0.3, 0.4) is 0 Å². The topological polar surface area (TPSA) is 103 Å². The highest BCUT2D eigenvalue weighted by Crippen LogP contribution is 2.30. The third-order valence-electron chi connectivity index (χ3n) is 5.14. The lowest BCUT2D eigenvalue weighted by Crippen LogP contribution is -2.52. The van der Waals surface area contributed by atoms with Crippen molar-refractivity contribution < 1.29 is 14.4 Å². The van der Waals surface area contributed by atoms with Crippen molar-refractivity contribution in [2.45, 2.75) is 32.0 Å². The van der Waals surface area contributed by atoms with Crippen molar-refractivity contribution in [2.24, 2.45) is 0 Å². The Morgan fingerprint density at radius 3 is 2.79 bits per heavy atom. The molecule has 0 spiro atoms. The molecule has 0 radical (unpaired) electrons. The fraction of sp³-hybridized carbons (Fsp3) is 0.300. The summed E-state index contributed by atoms with van der Waals surface area (Å²) in [5.41, 5.74) is 3.26. The average Bonchev–Trinajstić information content (AvgIpc) is 3.04. The zero-order valence-corrected chi connectivity index (χ0v) is 15.5. The fourth-order valence-electron chi connectivity index (χ4n) is 3.68. The van der Waals surface area contributed by atoms with Gasteiger partial charge >= 0.3 is 0 Å². The van der Waals surface area contributed by atoms with Gasteiger partial charge in [-0.2, -0.15) is 0 Å². The highest BCUT2D eigenvalue weighted by Gasteiger charge is 2.39. The molecule has 3 N–H and O–H groups in total. The Bertz CT molecular complexity index is 941. The summed E-state index contributed by atoms with van der Waals surface area (Å²) >= 11 is 0. The summed E-state index contributed by atoms with van der Waals surface area (Å²) in [7, 11) is 1.81. The van der Waals surface area contributed by atoms with Gasteiger partial charge in [-0.15, -0.1) is 0 Å². The second kappa shape index (κ2) is 7.30. The number of carbonyl (C=O) groups is 3. The van der Waals surface area contributed by atoms with Crippen LogP contribution in [-0.2, 0) is 22.7 Å². The Labute approximate surface area is 162 Å². The molecule has 2 aliphatic rings. The van der Waals surface area contributed by atoms with Gasteiger partial charge in [0.1, 0.15) is 11.9 Å². The predicted molar refractivity (Wildman–Crippen MR) is 104 cm³/mol. The number of nitrogens with one attached hydrogen (secondary N) is 3. The third kappa shape index (κ3) is 3.28. The molecule has 3 amide bonds. The van der Waals surface area contributed by atoms with Crippen molar-refractivity contribution in [3.8, 4) is 0 Å². The molecule has 1 unspecified atom stereocenters. The number of rotatable bonds is 5. The van der Waals surface area contributed by atoms with Gasteiger partial charge in [-0.1, -0.05) is 18.2 Å². The molecular formula is C20H21N5O3. The van der Waals surface area contributed by atoms with E-state index in [0.29, 0.717) is 25.1 Å². The molecule has 2 aromatic rings. The number of carbonyl (C=O) groups excluding carboxylic acids is 3. The zero-order valence-electron chi connectivity index (χ0n) is 15.5. The quantitative estimate of drug-likeness (QED) is 0.680. The Hall–Kier alpha value is -3.42. The number of aromatic nitrogens is 1. The standard InChI is InChI=1S/C20H21N5O3/c1-21-16-7-5-14(10-23-16)22-9-12-3-2-4-13-11-25(20(28)18(12)13)15-6-8-17(26)24-19(15)27/h2-5,7,10,15,22H,6,8-9,11H2,1H3,(H,21,23)(H,24,26,27). The molecule has 1 saturated heterocycles. The lowest BCUT2D eigenvalue weighted by molar-refractivity contribution is -0.136. The van der Waals surface area contributed by atoms with E-state index in [9.17, 15) is 14.4 Å². The summed E-state index contributed by atoms with van der Waals surface area (Å²) in [6, 6.07) is 8.92. The van der Waals surface area contributed by atoms with Crippen LogP contribution < -0.4 is 16.0 Å². The summed E-state index contributed by atoms with van der Waals surface area (Å²) < 4.78 is 0. The lowest BCUT2D eigenvalue weighted by Gasteiger charge is -2.29. The van der Waals surface area contributed by atoms with Crippen molar-refractivity contribution in [1.29, 1.82) is 0 Å². The van der Waals surface area contributed by atoms with Crippen molar-refractivity contribution in [3.05, 3.63) is 53.2 Å². The van der Waals surface area contributed by atoms with Gasteiger partial charge in [-0.25, -0.2) is 4.98 Å². The number of benzene rings is 1. The molecule has 3 heterocycles. The summed E-state index contributed by atoms with van der Waals surface area (Å²) in [4.78, 5) is 42.5. The number of hydrogen-bond donors (Lipinski definition) is 3. The molecule has 0 aliphatic carbocycles. The summed E-state index contributed by atoms with van der Waals surface area (Å²) in [6.07, 6.45) is 2.34.